The maximum atomic E-state index is 13.0. The van der Waals surface area contributed by atoms with E-state index in [1.807, 2.05) is 64.2 Å². The molecule has 7 nitrogen and oxygen atoms in total. The number of rotatable bonds is 4. The van der Waals surface area contributed by atoms with Crippen LogP contribution in [0, 0.1) is 6.92 Å². The molecule has 8 heteroatoms. The van der Waals surface area contributed by atoms with Crippen LogP contribution < -0.4 is 4.90 Å². The Hall–Kier alpha value is -3.32. The molecule has 1 fully saturated rings. The van der Waals surface area contributed by atoms with Crippen LogP contribution in [0.25, 0.3) is 22.4 Å². The Morgan fingerprint density at radius 3 is 2.52 bits per heavy atom. The lowest BCUT2D eigenvalue weighted by Crippen LogP contribution is -2.49. The lowest BCUT2D eigenvalue weighted by molar-refractivity contribution is -0.132. The number of carbonyl (C=O) groups is 1. The van der Waals surface area contributed by atoms with Crippen LogP contribution in [0.4, 0.5) is 5.69 Å². The molecule has 0 bridgehead atoms. The number of benzene rings is 2. The Bertz CT molecular complexity index is 1220. The number of anilines is 1. The molecule has 0 aliphatic carbocycles. The Kier molecular flexibility index (Phi) is 5.11. The molecule has 158 valence electrons. The summed E-state index contributed by atoms with van der Waals surface area (Å²) in [4.78, 5) is 17.2. The minimum Gasteiger partial charge on any atom is -0.421 e. The summed E-state index contributed by atoms with van der Waals surface area (Å²) in [6.07, 6.45) is 1.95. The van der Waals surface area contributed by atoms with E-state index in [1.54, 1.807) is 6.92 Å². The van der Waals surface area contributed by atoms with E-state index in [0.717, 1.165) is 40.3 Å². The van der Waals surface area contributed by atoms with Gasteiger partial charge in [-0.05, 0) is 47.9 Å². The summed E-state index contributed by atoms with van der Waals surface area (Å²) >= 11 is 5.98. The van der Waals surface area contributed by atoms with Crippen molar-refractivity contribution in [1.82, 2.24) is 19.7 Å². The fraction of sp³-hybridized carbons (Fsp3) is 0.261. The van der Waals surface area contributed by atoms with Crippen LogP contribution in [0.1, 0.15) is 5.89 Å². The molecule has 1 aliphatic heterocycles. The van der Waals surface area contributed by atoms with Crippen molar-refractivity contribution in [1.29, 1.82) is 0 Å². The molecule has 2 aromatic carbocycles. The second-order valence-electron chi connectivity index (χ2n) is 7.69. The number of fused-ring (bicyclic) bond motifs is 1. The highest BCUT2D eigenvalue weighted by Gasteiger charge is 2.22. The maximum absolute atomic E-state index is 13.0. The van der Waals surface area contributed by atoms with E-state index in [1.165, 1.54) is 0 Å². The van der Waals surface area contributed by atoms with Gasteiger partial charge in [-0.3, -0.25) is 4.79 Å². The summed E-state index contributed by atoms with van der Waals surface area (Å²) in [6, 6.07) is 15.8. The zero-order valence-corrected chi connectivity index (χ0v) is 17.9. The van der Waals surface area contributed by atoms with Gasteiger partial charge in [0.25, 0.3) is 0 Å². The largest absolute Gasteiger partial charge is 0.421 e. The monoisotopic (exact) mass is 435 g/mol. The number of amides is 1. The number of hydrogen-bond acceptors (Lipinski definition) is 5. The van der Waals surface area contributed by atoms with E-state index in [9.17, 15) is 4.79 Å². The van der Waals surface area contributed by atoms with Crippen molar-refractivity contribution < 1.29 is 9.21 Å². The first-order chi connectivity index (χ1) is 15.1. The highest BCUT2D eigenvalue weighted by Crippen LogP contribution is 2.25. The lowest BCUT2D eigenvalue weighted by atomic mass is 10.1. The minimum absolute atomic E-state index is 0.118. The average Bonchev–Trinajstić information content (AvgIpc) is 3.40. The topological polar surface area (TPSA) is 67.4 Å². The zero-order valence-electron chi connectivity index (χ0n) is 17.2. The summed E-state index contributed by atoms with van der Waals surface area (Å²) in [6.45, 7) is 5.08. The van der Waals surface area contributed by atoms with Crippen LogP contribution in [0.3, 0.4) is 0 Å². The quantitative estimate of drug-likeness (QED) is 0.484. The maximum Gasteiger partial charge on any atom is 0.247 e. The molecule has 31 heavy (non-hydrogen) atoms. The van der Waals surface area contributed by atoms with E-state index in [-0.39, 0.29) is 5.91 Å². The van der Waals surface area contributed by atoms with E-state index in [0.29, 0.717) is 31.4 Å². The highest BCUT2D eigenvalue weighted by atomic mass is 35.5. The van der Waals surface area contributed by atoms with Crippen molar-refractivity contribution in [2.24, 2.45) is 0 Å². The molecule has 3 heterocycles. The first-order valence-electron chi connectivity index (χ1n) is 10.2. The van der Waals surface area contributed by atoms with Crippen LogP contribution in [-0.2, 0) is 11.3 Å². The first-order valence-corrected chi connectivity index (χ1v) is 10.6. The number of aromatic nitrogens is 3. The molecule has 4 aromatic rings. The molecule has 0 radical (unpaired) electrons. The van der Waals surface area contributed by atoms with E-state index in [4.69, 9.17) is 16.0 Å². The number of aryl methyl sites for hydroxylation is 1. The molecular weight excluding hydrogens is 414 g/mol. The van der Waals surface area contributed by atoms with Gasteiger partial charge in [-0.25, -0.2) is 0 Å². The predicted octanol–water partition coefficient (Wildman–Crippen LogP) is 4.00. The van der Waals surface area contributed by atoms with Gasteiger partial charge >= 0.3 is 0 Å². The van der Waals surface area contributed by atoms with Crippen molar-refractivity contribution in [3.8, 4) is 11.5 Å². The van der Waals surface area contributed by atoms with Gasteiger partial charge in [0.1, 0.15) is 6.54 Å². The van der Waals surface area contributed by atoms with Gasteiger partial charge in [-0.1, -0.05) is 17.7 Å². The normalized spacial score (nSPS) is 14.4. The minimum atomic E-state index is 0.118. The Morgan fingerprint density at radius 1 is 1.03 bits per heavy atom. The van der Waals surface area contributed by atoms with Crippen molar-refractivity contribution in [2.75, 3.05) is 31.1 Å². The first kappa shape index (κ1) is 19.6. The standard InChI is InChI=1S/C23H22ClN5O2/c1-16-25-26-23(31-16)18-3-2-17-8-9-29(21(17)14-18)15-22(30)28-12-10-27(11-13-28)20-6-4-19(24)5-7-20/h2-9,14H,10-13,15H2,1H3. The third kappa shape index (κ3) is 4.01. The third-order valence-electron chi connectivity index (χ3n) is 5.68. The number of carbonyl (C=O) groups excluding carboxylic acids is 1. The lowest BCUT2D eigenvalue weighted by Gasteiger charge is -2.36. The summed E-state index contributed by atoms with van der Waals surface area (Å²) in [7, 11) is 0. The second-order valence-corrected chi connectivity index (χ2v) is 8.12. The number of hydrogen-bond donors (Lipinski definition) is 0. The van der Waals surface area contributed by atoms with E-state index in [2.05, 4.69) is 15.1 Å². The molecule has 1 amide bonds. The number of piperazine rings is 1. The van der Waals surface area contributed by atoms with Gasteiger partial charge in [0.15, 0.2) is 0 Å². The van der Waals surface area contributed by atoms with Crippen molar-refractivity contribution >= 4 is 34.1 Å². The molecule has 1 aliphatic rings. The Balaban J connectivity index is 1.28. The van der Waals surface area contributed by atoms with Crippen LogP contribution >= 0.6 is 11.6 Å². The van der Waals surface area contributed by atoms with E-state index < -0.39 is 0 Å². The fourth-order valence-electron chi connectivity index (χ4n) is 3.98. The van der Waals surface area contributed by atoms with Crippen LogP contribution in [-0.4, -0.2) is 51.8 Å². The van der Waals surface area contributed by atoms with Crippen LogP contribution in [0.5, 0.6) is 0 Å². The summed E-state index contributed by atoms with van der Waals surface area (Å²) < 4.78 is 7.53. The third-order valence-corrected chi connectivity index (χ3v) is 5.93. The molecule has 0 saturated carbocycles. The molecule has 5 rings (SSSR count). The molecule has 1 saturated heterocycles. The molecule has 0 N–H and O–H groups in total. The van der Waals surface area contributed by atoms with Crippen LogP contribution in [0.2, 0.25) is 5.02 Å². The van der Waals surface area contributed by atoms with Crippen molar-refractivity contribution in [3.63, 3.8) is 0 Å². The van der Waals surface area contributed by atoms with Gasteiger partial charge in [0.05, 0.1) is 0 Å². The van der Waals surface area contributed by atoms with Gasteiger partial charge in [-0.2, -0.15) is 0 Å². The summed E-state index contributed by atoms with van der Waals surface area (Å²) in [5, 5.41) is 9.80. The van der Waals surface area contributed by atoms with E-state index >= 15 is 0 Å². The zero-order chi connectivity index (χ0) is 21.4. The number of nitrogens with zero attached hydrogens (tertiary/aromatic N) is 5. The summed E-state index contributed by atoms with van der Waals surface area (Å²) in [5.74, 6) is 1.13. The molecule has 0 atom stereocenters. The Morgan fingerprint density at radius 2 is 1.81 bits per heavy atom. The SMILES string of the molecule is Cc1nnc(-c2ccc3ccn(CC(=O)N4CCN(c5ccc(Cl)cc5)CC4)c3c2)o1. The molecular formula is C23H22ClN5O2. The smallest absolute Gasteiger partial charge is 0.247 e. The summed E-state index contributed by atoms with van der Waals surface area (Å²) in [5.41, 5.74) is 2.95. The van der Waals surface area contributed by atoms with Gasteiger partial charge in [0.2, 0.25) is 17.7 Å². The molecule has 0 spiro atoms. The van der Waals surface area contributed by atoms with Crippen molar-refractivity contribution in [3.05, 3.63) is 65.6 Å². The predicted molar refractivity (Wildman–Crippen MR) is 120 cm³/mol. The molecule has 2 aromatic heterocycles. The molecule has 0 unspecified atom stereocenters. The second kappa shape index (κ2) is 8.07. The van der Waals surface area contributed by atoms with Crippen LogP contribution in [0.15, 0.2) is 59.1 Å². The Labute approximate surface area is 184 Å². The van der Waals surface area contributed by atoms with Gasteiger partial charge < -0.3 is 18.8 Å². The average molecular weight is 436 g/mol. The van der Waals surface area contributed by atoms with Gasteiger partial charge in [-0.15, -0.1) is 10.2 Å². The highest BCUT2D eigenvalue weighted by molar-refractivity contribution is 6.30. The fourth-order valence-corrected chi connectivity index (χ4v) is 4.11. The van der Waals surface area contributed by atoms with Gasteiger partial charge in [0, 0.05) is 61.1 Å². The number of halogens is 1. The van der Waals surface area contributed by atoms with Crippen molar-refractivity contribution in [2.45, 2.75) is 13.5 Å².